The first-order valence-electron chi connectivity index (χ1n) is 5.81. The fourth-order valence-electron chi connectivity index (χ4n) is 1.97. The van der Waals surface area contributed by atoms with Gasteiger partial charge >= 0.3 is 0 Å². The Morgan fingerprint density at radius 3 is 2.79 bits per heavy atom. The van der Waals surface area contributed by atoms with Crippen molar-refractivity contribution in [3.63, 3.8) is 0 Å². The maximum Gasteiger partial charge on any atom is 0.190 e. The Balaban J connectivity index is 1.91. The molecule has 4 aromatic rings. The Hall–Kier alpha value is -2.47. The van der Waals surface area contributed by atoms with Gasteiger partial charge in [0.05, 0.1) is 16.4 Å². The van der Waals surface area contributed by atoms with Gasteiger partial charge in [-0.3, -0.25) is 0 Å². The van der Waals surface area contributed by atoms with Gasteiger partial charge in [-0.15, -0.1) is 11.3 Å². The smallest absolute Gasteiger partial charge is 0.190 e. The molecule has 0 spiro atoms. The van der Waals surface area contributed by atoms with Crippen LogP contribution in [0, 0.1) is 0 Å². The Morgan fingerprint density at radius 2 is 1.95 bits per heavy atom. The molecule has 0 saturated heterocycles. The quantitative estimate of drug-likeness (QED) is 0.561. The third-order valence-corrected chi connectivity index (χ3v) is 3.85. The first-order valence-corrected chi connectivity index (χ1v) is 6.63. The fraction of sp³-hybridized carbons (Fsp3) is 0. The molecule has 0 bridgehead atoms. The maximum absolute atomic E-state index is 4.62. The molecule has 5 nitrogen and oxygen atoms in total. The zero-order valence-corrected chi connectivity index (χ0v) is 10.7. The van der Waals surface area contributed by atoms with E-state index in [4.69, 9.17) is 0 Å². The lowest BCUT2D eigenvalue weighted by Gasteiger charge is -2.04. The van der Waals surface area contributed by atoms with Crippen molar-refractivity contribution in [2.75, 3.05) is 0 Å². The monoisotopic (exact) mass is 267 g/mol. The van der Waals surface area contributed by atoms with Crippen LogP contribution in [0.25, 0.3) is 21.0 Å². The molecule has 0 saturated carbocycles. The normalized spacial score (nSPS) is 11.2. The second kappa shape index (κ2) is 4.03. The Morgan fingerprint density at radius 1 is 1.00 bits per heavy atom. The molecule has 0 amide bonds. The van der Waals surface area contributed by atoms with E-state index in [0.717, 1.165) is 21.0 Å². The molecule has 0 N–H and O–H groups in total. The number of para-hydroxylation sites is 1. The van der Waals surface area contributed by atoms with Crippen LogP contribution in [0.3, 0.4) is 0 Å². The van der Waals surface area contributed by atoms with Crippen molar-refractivity contribution < 1.29 is 0 Å². The van der Waals surface area contributed by atoms with E-state index in [9.17, 15) is 0 Å². The molecule has 3 aromatic heterocycles. The highest BCUT2D eigenvalue weighted by Crippen LogP contribution is 2.28. The van der Waals surface area contributed by atoms with Gasteiger partial charge in [0.15, 0.2) is 10.8 Å². The number of hydrogen-bond donors (Lipinski definition) is 0. The summed E-state index contributed by atoms with van der Waals surface area (Å²) in [5, 5.41) is 5.11. The van der Waals surface area contributed by atoms with Crippen LogP contribution in [0.5, 0.6) is 0 Å². The second-order valence-electron chi connectivity index (χ2n) is 4.01. The van der Waals surface area contributed by atoms with Crippen LogP contribution < -0.4 is 0 Å². The van der Waals surface area contributed by atoms with Crippen molar-refractivity contribution in [3.8, 4) is 10.8 Å². The van der Waals surface area contributed by atoms with Crippen LogP contribution in [-0.4, -0.2) is 24.5 Å². The summed E-state index contributed by atoms with van der Waals surface area (Å²) >= 11 is 1.63. The summed E-state index contributed by atoms with van der Waals surface area (Å²) in [5.41, 5.74) is 0.998. The molecule has 6 heteroatoms. The molecule has 92 valence electrons. The molecule has 0 fully saturated rings. The van der Waals surface area contributed by atoms with Crippen LogP contribution in [0.15, 0.2) is 55.1 Å². The molecule has 0 aliphatic carbocycles. The lowest BCUT2D eigenvalue weighted by Crippen LogP contribution is -2.09. The number of thiazole rings is 1. The van der Waals surface area contributed by atoms with E-state index in [2.05, 4.69) is 21.1 Å². The highest BCUT2D eigenvalue weighted by atomic mass is 32.1. The number of rotatable bonds is 2. The molecular formula is C13H9N5S. The largest absolute Gasteiger partial charge is 0.233 e. The number of benzene rings is 1. The van der Waals surface area contributed by atoms with E-state index in [1.165, 1.54) is 0 Å². The number of aromatic nitrogens is 5. The summed E-state index contributed by atoms with van der Waals surface area (Å²) < 4.78 is 3.03. The summed E-state index contributed by atoms with van der Waals surface area (Å²) in [6.07, 6.45) is 7.23. The average Bonchev–Trinajstić information content (AvgIpc) is 3.17. The minimum atomic E-state index is 0.796. The summed E-state index contributed by atoms with van der Waals surface area (Å²) in [6.45, 7) is 0. The SMILES string of the molecule is c1ccc2sc(-c3nccn3-n3cccn3)nc2c1. The van der Waals surface area contributed by atoms with Crippen molar-refractivity contribution in [2.45, 2.75) is 0 Å². The van der Waals surface area contributed by atoms with Crippen molar-refractivity contribution >= 4 is 21.6 Å². The van der Waals surface area contributed by atoms with Crippen LogP contribution in [0.4, 0.5) is 0 Å². The lowest BCUT2D eigenvalue weighted by atomic mass is 10.3. The number of nitrogens with zero attached hydrogens (tertiary/aromatic N) is 5. The first-order chi connectivity index (χ1) is 9.42. The van der Waals surface area contributed by atoms with Crippen LogP contribution in [-0.2, 0) is 0 Å². The van der Waals surface area contributed by atoms with Gasteiger partial charge in [-0.2, -0.15) is 9.89 Å². The number of fused-ring (bicyclic) bond motifs is 1. The minimum Gasteiger partial charge on any atom is -0.233 e. The summed E-state index contributed by atoms with van der Waals surface area (Å²) in [4.78, 5) is 10.7. The van der Waals surface area contributed by atoms with Crippen LogP contribution >= 0.6 is 11.3 Å². The van der Waals surface area contributed by atoms with Gasteiger partial charge < -0.3 is 0 Å². The van der Waals surface area contributed by atoms with E-state index in [0.29, 0.717) is 0 Å². The molecule has 0 unspecified atom stereocenters. The molecule has 4 rings (SSSR count). The van der Waals surface area contributed by atoms with E-state index in [1.54, 1.807) is 28.5 Å². The zero-order valence-electron chi connectivity index (χ0n) is 9.84. The van der Waals surface area contributed by atoms with Gasteiger partial charge in [0, 0.05) is 18.6 Å². The third-order valence-electron chi connectivity index (χ3n) is 2.82. The minimum absolute atomic E-state index is 0.796. The molecule has 0 aliphatic heterocycles. The van der Waals surface area contributed by atoms with Gasteiger partial charge in [-0.05, 0) is 18.2 Å². The van der Waals surface area contributed by atoms with Crippen LogP contribution in [0.2, 0.25) is 0 Å². The standard InChI is InChI=1S/C13H9N5S/c1-2-5-11-10(4-1)16-13(19-11)12-14-7-9-17(12)18-8-3-6-15-18/h1-9H. The van der Waals surface area contributed by atoms with E-state index < -0.39 is 0 Å². The predicted molar refractivity (Wildman–Crippen MR) is 73.9 cm³/mol. The van der Waals surface area contributed by atoms with Gasteiger partial charge in [0.25, 0.3) is 0 Å². The molecule has 1 aromatic carbocycles. The maximum atomic E-state index is 4.62. The van der Waals surface area contributed by atoms with Gasteiger partial charge in [-0.25, -0.2) is 14.6 Å². The summed E-state index contributed by atoms with van der Waals surface area (Å²) in [7, 11) is 0. The lowest BCUT2D eigenvalue weighted by molar-refractivity contribution is 0.580. The van der Waals surface area contributed by atoms with Crippen molar-refractivity contribution in [1.82, 2.24) is 24.5 Å². The number of imidazole rings is 1. The van der Waals surface area contributed by atoms with Gasteiger partial charge in [-0.1, -0.05) is 12.1 Å². The third kappa shape index (κ3) is 1.65. The highest BCUT2D eigenvalue weighted by Gasteiger charge is 2.12. The van der Waals surface area contributed by atoms with E-state index in [-0.39, 0.29) is 0 Å². The molecule has 0 radical (unpaired) electrons. The highest BCUT2D eigenvalue weighted by molar-refractivity contribution is 7.21. The summed E-state index contributed by atoms with van der Waals surface area (Å²) in [5.74, 6) is 0.796. The second-order valence-corrected chi connectivity index (χ2v) is 5.04. The molecular weight excluding hydrogens is 258 g/mol. The van der Waals surface area contributed by atoms with Crippen LogP contribution in [0.1, 0.15) is 0 Å². The average molecular weight is 267 g/mol. The Labute approximate surface area is 112 Å². The van der Waals surface area contributed by atoms with Gasteiger partial charge in [0.2, 0.25) is 0 Å². The van der Waals surface area contributed by atoms with Crippen molar-refractivity contribution in [2.24, 2.45) is 0 Å². The molecule has 0 aliphatic rings. The Bertz CT molecular complexity index is 795. The zero-order chi connectivity index (χ0) is 12.7. The predicted octanol–water partition coefficient (Wildman–Crippen LogP) is 2.67. The van der Waals surface area contributed by atoms with E-state index in [1.807, 2.05) is 41.3 Å². The molecule has 3 heterocycles. The molecule has 19 heavy (non-hydrogen) atoms. The number of hydrogen-bond acceptors (Lipinski definition) is 4. The van der Waals surface area contributed by atoms with E-state index >= 15 is 0 Å². The molecule has 0 atom stereocenters. The summed E-state index contributed by atoms with van der Waals surface area (Å²) in [6, 6.07) is 9.96. The Kier molecular flexibility index (Phi) is 2.22. The van der Waals surface area contributed by atoms with Gasteiger partial charge in [0.1, 0.15) is 0 Å². The first kappa shape index (κ1) is 10.5. The topological polar surface area (TPSA) is 48.5 Å². The van der Waals surface area contributed by atoms with Crippen molar-refractivity contribution in [1.29, 1.82) is 0 Å². The fourth-order valence-corrected chi connectivity index (χ4v) is 2.93. The van der Waals surface area contributed by atoms with Crippen molar-refractivity contribution in [3.05, 3.63) is 55.1 Å².